The fraction of sp³-hybridized carbons (Fsp3) is 0.222. The number of hydrogen-bond acceptors (Lipinski definition) is 2. The molecule has 0 radical (unpaired) electrons. The third kappa shape index (κ3) is 3.95. The average molecular weight is 249 g/mol. The lowest BCUT2D eigenvalue weighted by Gasteiger charge is -2.07. The van der Waals surface area contributed by atoms with Crippen LogP contribution in [0.1, 0.15) is 0 Å². The van der Waals surface area contributed by atoms with Gasteiger partial charge in [-0.1, -0.05) is 23.2 Å². The molecule has 2 amide bonds. The monoisotopic (exact) mass is 248 g/mol. The Hall–Kier alpha value is -0.970. The molecule has 1 rings (SSSR count). The number of carbonyl (C=O) groups excluding carboxylic acids is 1. The number of aliphatic hydroxyl groups excluding tert-OH is 1. The van der Waals surface area contributed by atoms with Crippen LogP contribution < -0.4 is 10.6 Å². The number of benzene rings is 1. The molecule has 1 aromatic rings. The first kappa shape index (κ1) is 12.1. The highest BCUT2D eigenvalue weighted by Crippen LogP contribution is 2.25. The van der Waals surface area contributed by atoms with Gasteiger partial charge in [-0.05, 0) is 18.2 Å². The molecule has 0 atom stereocenters. The molecule has 6 heteroatoms. The largest absolute Gasteiger partial charge is 0.395 e. The molecule has 0 saturated heterocycles. The van der Waals surface area contributed by atoms with Crippen LogP contribution in [0.25, 0.3) is 0 Å². The van der Waals surface area contributed by atoms with Crippen molar-refractivity contribution >= 4 is 34.9 Å². The van der Waals surface area contributed by atoms with E-state index < -0.39 is 6.03 Å². The van der Waals surface area contributed by atoms with Crippen LogP contribution in [0.2, 0.25) is 10.0 Å². The first-order valence-electron chi connectivity index (χ1n) is 4.24. The van der Waals surface area contributed by atoms with Crippen LogP contribution in [0.5, 0.6) is 0 Å². The molecule has 82 valence electrons. The minimum absolute atomic E-state index is 0.109. The van der Waals surface area contributed by atoms with Gasteiger partial charge in [-0.2, -0.15) is 0 Å². The summed E-state index contributed by atoms with van der Waals surface area (Å²) in [6.07, 6.45) is 0. The SMILES string of the molecule is O=C(NCCO)Nc1ccc(Cl)cc1Cl. The molecule has 0 unspecified atom stereocenters. The molecule has 0 aliphatic rings. The van der Waals surface area contributed by atoms with Crippen molar-refractivity contribution in [3.8, 4) is 0 Å². The van der Waals surface area contributed by atoms with Crippen LogP contribution in [0.4, 0.5) is 10.5 Å². The van der Waals surface area contributed by atoms with Gasteiger partial charge in [-0.25, -0.2) is 4.79 Å². The molecular weight excluding hydrogens is 239 g/mol. The van der Waals surface area contributed by atoms with Crippen molar-refractivity contribution in [2.24, 2.45) is 0 Å². The van der Waals surface area contributed by atoms with Gasteiger partial charge in [-0.15, -0.1) is 0 Å². The van der Waals surface area contributed by atoms with E-state index in [0.717, 1.165) is 0 Å². The van der Waals surface area contributed by atoms with Gasteiger partial charge in [0.05, 0.1) is 17.3 Å². The Morgan fingerprint density at radius 3 is 2.73 bits per heavy atom. The van der Waals surface area contributed by atoms with Gasteiger partial charge in [0.2, 0.25) is 0 Å². The molecule has 0 aromatic heterocycles. The van der Waals surface area contributed by atoms with Crippen molar-refractivity contribution in [1.82, 2.24) is 5.32 Å². The second-order valence-corrected chi connectivity index (χ2v) is 3.57. The van der Waals surface area contributed by atoms with Crippen molar-refractivity contribution in [2.75, 3.05) is 18.5 Å². The van der Waals surface area contributed by atoms with E-state index in [1.165, 1.54) is 6.07 Å². The predicted molar refractivity (Wildman–Crippen MR) is 60.6 cm³/mol. The summed E-state index contributed by atoms with van der Waals surface area (Å²) in [6, 6.07) is 4.33. The number of amides is 2. The van der Waals surface area contributed by atoms with Crippen LogP contribution in [0.3, 0.4) is 0 Å². The van der Waals surface area contributed by atoms with Crippen LogP contribution in [-0.4, -0.2) is 24.3 Å². The van der Waals surface area contributed by atoms with Gasteiger partial charge < -0.3 is 15.7 Å². The maximum absolute atomic E-state index is 11.2. The van der Waals surface area contributed by atoms with Gasteiger partial charge in [-0.3, -0.25) is 0 Å². The first-order chi connectivity index (χ1) is 7.13. The summed E-state index contributed by atoms with van der Waals surface area (Å²) in [5, 5.41) is 14.3. The summed E-state index contributed by atoms with van der Waals surface area (Å²) in [4.78, 5) is 11.2. The molecule has 0 heterocycles. The van der Waals surface area contributed by atoms with Crippen molar-refractivity contribution in [2.45, 2.75) is 0 Å². The average Bonchev–Trinajstić information content (AvgIpc) is 2.19. The van der Waals surface area contributed by atoms with E-state index in [4.69, 9.17) is 28.3 Å². The third-order valence-corrected chi connectivity index (χ3v) is 2.12. The minimum atomic E-state index is -0.423. The fourth-order valence-electron chi connectivity index (χ4n) is 0.927. The minimum Gasteiger partial charge on any atom is -0.395 e. The highest BCUT2D eigenvalue weighted by molar-refractivity contribution is 6.36. The second kappa shape index (κ2) is 5.80. The maximum Gasteiger partial charge on any atom is 0.319 e. The summed E-state index contributed by atoms with van der Waals surface area (Å²) in [6.45, 7) is 0.0822. The summed E-state index contributed by atoms with van der Waals surface area (Å²) in [7, 11) is 0. The lowest BCUT2D eigenvalue weighted by molar-refractivity contribution is 0.245. The molecule has 4 nitrogen and oxygen atoms in total. The molecule has 0 spiro atoms. The standard InChI is InChI=1S/C9H10Cl2N2O2/c10-6-1-2-8(7(11)5-6)13-9(15)12-3-4-14/h1-2,5,14H,3-4H2,(H2,12,13,15). The zero-order valence-electron chi connectivity index (χ0n) is 7.76. The van der Waals surface area contributed by atoms with Gasteiger partial charge >= 0.3 is 6.03 Å². The molecule has 0 saturated carbocycles. The Morgan fingerprint density at radius 1 is 1.40 bits per heavy atom. The van der Waals surface area contributed by atoms with E-state index in [1.807, 2.05) is 0 Å². The number of rotatable bonds is 3. The van der Waals surface area contributed by atoms with Crippen molar-refractivity contribution in [3.05, 3.63) is 28.2 Å². The number of carbonyl (C=O) groups is 1. The Bertz CT molecular complexity index is 358. The first-order valence-corrected chi connectivity index (χ1v) is 5.00. The molecule has 0 bridgehead atoms. The second-order valence-electron chi connectivity index (χ2n) is 2.73. The Morgan fingerprint density at radius 2 is 2.13 bits per heavy atom. The summed E-state index contributed by atoms with van der Waals surface area (Å²) in [5.41, 5.74) is 0.469. The van der Waals surface area contributed by atoms with Crippen LogP contribution in [0.15, 0.2) is 18.2 Å². The van der Waals surface area contributed by atoms with Crippen molar-refractivity contribution in [1.29, 1.82) is 0 Å². The summed E-state index contributed by atoms with van der Waals surface area (Å²) >= 11 is 11.5. The van der Waals surface area contributed by atoms with E-state index in [-0.39, 0.29) is 13.2 Å². The van der Waals surface area contributed by atoms with E-state index in [2.05, 4.69) is 10.6 Å². The van der Waals surface area contributed by atoms with Crippen molar-refractivity contribution in [3.63, 3.8) is 0 Å². The number of anilines is 1. The van der Waals surface area contributed by atoms with E-state index in [1.54, 1.807) is 12.1 Å². The zero-order chi connectivity index (χ0) is 11.3. The number of aliphatic hydroxyl groups is 1. The van der Waals surface area contributed by atoms with Crippen LogP contribution >= 0.6 is 23.2 Å². The summed E-state index contributed by atoms with van der Waals surface area (Å²) < 4.78 is 0. The quantitative estimate of drug-likeness (QED) is 0.768. The Balaban J connectivity index is 2.60. The Kier molecular flexibility index (Phi) is 4.68. The van der Waals surface area contributed by atoms with E-state index >= 15 is 0 Å². The van der Waals surface area contributed by atoms with Gasteiger partial charge in [0, 0.05) is 11.6 Å². The molecule has 0 fully saturated rings. The molecule has 15 heavy (non-hydrogen) atoms. The zero-order valence-corrected chi connectivity index (χ0v) is 9.27. The summed E-state index contributed by atoms with van der Waals surface area (Å²) in [5.74, 6) is 0. The van der Waals surface area contributed by atoms with Crippen LogP contribution in [0, 0.1) is 0 Å². The van der Waals surface area contributed by atoms with Gasteiger partial charge in [0.15, 0.2) is 0 Å². The fourth-order valence-corrected chi connectivity index (χ4v) is 1.38. The van der Waals surface area contributed by atoms with E-state index in [9.17, 15) is 4.79 Å². The normalized spacial score (nSPS) is 9.80. The molecule has 0 aliphatic heterocycles. The number of hydrogen-bond donors (Lipinski definition) is 3. The van der Waals surface area contributed by atoms with E-state index in [0.29, 0.717) is 15.7 Å². The topological polar surface area (TPSA) is 61.4 Å². The Labute approximate surface area is 97.2 Å². The highest BCUT2D eigenvalue weighted by Gasteiger charge is 2.04. The predicted octanol–water partition coefficient (Wildman–Crippen LogP) is 2.11. The van der Waals surface area contributed by atoms with Crippen LogP contribution in [-0.2, 0) is 0 Å². The van der Waals surface area contributed by atoms with Crippen molar-refractivity contribution < 1.29 is 9.90 Å². The number of halogens is 2. The lowest BCUT2D eigenvalue weighted by Crippen LogP contribution is -2.31. The maximum atomic E-state index is 11.2. The van der Waals surface area contributed by atoms with Gasteiger partial charge in [0.1, 0.15) is 0 Å². The molecule has 3 N–H and O–H groups in total. The highest BCUT2D eigenvalue weighted by atomic mass is 35.5. The molecule has 1 aromatic carbocycles. The van der Waals surface area contributed by atoms with Gasteiger partial charge in [0.25, 0.3) is 0 Å². The number of urea groups is 1. The lowest BCUT2D eigenvalue weighted by atomic mass is 10.3. The smallest absolute Gasteiger partial charge is 0.319 e. The third-order valence-electron chi connectivity index (χ3n) is 1.58. The molecule has 0 aliphatic carbocycles. The number of nitrogens with one attached hydrogen (secondary N) is 2. The molecular formula is C9H10Cl2N2O2.